The van der Waals surface area contributed by atoms with Gasteiger partial charge in [0, 0.05) is 13.0 Å². The quantitative estimate of drug-likeness (QED) is 0.822. The highest BCUT2D eigenvalue weighted by molar-refractivity contribution is 5.95. The molecular formula is C18H23F3N2O2. The summed E-state index contributed by atoms with van der Waals surface area (Å²) in [6, 6.07) is 4.81. The lowest BCUT2D eigenvalue weighted by Crippen LogP contribution is -2.43. The van der Waals surface area contributed by atoms with Gasteiger partial charge in [-0.05, 0) is 25.0 Å². The fraction of sp³-hybridized carbons (Fsp3) is 0.556. The van der Waals surface area contributed by atoms with Crippen molar-refractivity contribution in [1.29, 1.82) is 0 Å². The topological polar surface area (TPSA) is 49.4 Å². The molecule has 1 aliphatic rings. The molecule has 25 heavy (non-hydrogen) atoms. The molecule has 1 aromatic carbocycles. The molecule has 138 valence electrons. The van der Waals surface area contributed by atoms with E-state index in [4.69, 9.17) is 0 Å². The molecule has 2 rings (SSSR count). The first-order valence-corrected chi connectivity index (χ1v) is 8.52. The molecular weight excluding hydrogens is 333 g/mol. The Balaban J connectivity index is 2.08. The van der Waals surface area contributed by atoms with Gasteiger partial charge in [-0.15, -0.1) is 0 Å². The number of carbonyl (C=O) groups is 2. The lowest BCUT2D eigenvalue weighted by Gasteiger charge is -2.30. The molecule has 0 saturated heterocycles. The van der Waals surface area contributed by atoms with E-state index in [1.165, 1.54) is 30.0 Å². The number of nitrogens with one attached hydrogen (secondary N) is 1. The van der Waals surface area contributed by atoms with Crippen LogP contribution in [0.25, 0.3) is 0 Å². The average molecular weight is 356 g/mol. The Bertz CT molecular complexity index is 609. The first kappa shape index (κ1) is 19.3. The van der Waals surface area contributed by atoms with Gasteiger partial charge in [-0.2, -0.15) is 13.2 Å². The van der Waals surface area contributed by atoms with Crippen LogP contribution in [0.1, 0.15) is 51.0 Å². The molecule has 0 unspecified atom stereocenters. The van der Waals surface area contributed by atoms with Crippen molar-refractivity contribution in [3.63, 3.8) is 0 Å². The van der Waals surface area contributed by atoms with Crippen LogP contribution >= 0.6 is 0 Å². The van der Waals surface area contributed by atoms with E-state index in [0.717, 1.165) is 44.6 Å². The van der Waals surface area contributed by atoms with Crippen LogP contribution in [0.4, 0.5) is 18.9 Å². The van der Waals surface area contributed by atoms with Crippen molar-refractivity contribution in [3.8, 4) is 0 Å². The Morgan fingerprint density at radius 2 is 1.72 bits per heavy atom. The number of rotatable bonds is 4. The molecule has 2 amide bonds. The summed E-state index contributed by atoms with van der Waals surface area (Å²) < 4.78 is 39.0. The number of benzene rings is 1. The van der Waals surface area contributed by atoms with E-state index in [1.54, 1.807) is 0 Å². The van der Waals surface area contributed by atoms with E-state index >= 15 is 0 Å². The lowest BCUT2D eigenvalue weighted by molar-refractivity contribution is -0.137. The van der Waals surface area contributed by atoms with E-state index in [2.05, 4.69) is 5.32 Å². The molecule has 0 atom stereocenters. The zero-order valence-electron chi connectivity index (χ0n) is 14.2. The number of para-hydroxylation sites is 1. The van der Waals surface area contributed by atoms with Gasteiger partial charge in [0.2, 0.25) is 11.8 Å². The Kier molecular flexibility index (Phi) is 6.45. The van der Waals surface area contributed by atoms with Gasteiger partial charge in [0.05, 0.1) is 11.3 Å². The third-order valence-electron chi connectivity index (χ3n) is 4.49. The van der Waals surface area contributed by atoms with E-state index in [9.17, 15) is 22.8 Å². The zero-order valence-corrected chi connectivity index (χ0v) is 14.2. The number of amides is 2. The largest absolute Gasteiger partial charge is 0.418 e. The second-order valence-electron chi connectivity index (χ2n) is 6.38. The molecule has 0 radical (unpaired) electrons. The molecule has 0 spiro atoms. The fourth-order valence-corrected chi connectivity index (χ4v) is 3.25. The van der Waals surface area contributed by atoms with Crippen molar-refractivity contribution in [2.75, 3.05) is 11.9 Å². The Morgan fingerprint density at radius 3 is 2.28 bits per heavy atom. The Morgan fingerprint density at radius 1 is 1.12 bits per heavy atom. The van der Waals surface area contributed by atoms with Gasteiger partial charge >= 0.3 is 6.18 Å². The van der Waals surface area contributed by atoms with Crippen LogP contribution in [-0.4, -0.2) is 29.3 Å². The van der Waals surface area contributed by atoms with Crippen LogP contribution in [0, 0.1) is 0 Å². The minimum atomic E-state index is -4.55. The van der Waals surface area contributed by atoms with Gasteiger partial charge in [0.15, 0.2) is 0 Å². The van der Waals surface area contributed by atoms with Crippen LogP contribution in [0.3, 0.4) is 0 Å². The maximum atomic E-state index is 13.0. The maximum Gasteiger partial charge on any atom is 0.418 e. The fourth-order valence-electron chi connectivity index (χ4n) is 3.25. The summed E-state index contributed by atoms with van der Waals surface area (Å²) in [7, 11) is 0. The number of carbonyl (C=O) groups excluding carboxylic acids is 2. The van der Waals surface area contributed by atoms with Gasteiger partial charge in [-0.3, -0.25) is 9.59 Å². The summed E-state index contributed by atoms with van der Waals surface area (Å²) in [4.78, 5) is 25.7. The second-order valence-corrected chi connectivity index (χ2v) is 6.38. The minimum absolute atomic E-state index is 0.0244. The van der Waals surface area contributed by atoms with Crippen molar-refractivity contribution in [1.82, 2.24) is 4.90 Å². The number of anilines is 1. The van der Waals surface area contributed by atoms with Crippen LogP contribution in [0.5, 0.6) is 0 Å². The predicted molar refractivity (Wildman–Crippen MR) is 89.0 cm³/mol. The Labute approximate surface area is 145 Å². The normalized spacial score (nSPS) is 16.2. The molecule has 1 fully saturated rings. The molecule has 0 heterocycles. The number of hydrogen-bond donors (Lipinski definition) is 1. The highest BCUT2D eigenvalue weighted by atomic mass is 19.4. The standard InChI is InChI=1S/C18H23F3N2O2/c1-13(24)23(14-8-4-2-3-5-9-14)12-17(25)22-16-11-7-6-10-15(16)18(19,20)21/h6-7,10-11,14H,2-5,8-9,12H2,1H3,(H,22,25). The van der Waals surface area contributed by atoms with Crippen molar-refractivity contribution < 1.29 is 22.8 Å². The monoisotopic (exact) mass is 356 g/mol. The molecule has 1 aliphatic carbocycles. The van der Waals surface area contributed by atoms with Crippen LogP contribution < -0.4 is 5.32 Å². The third-order valence-corrected chi connectivity index (χ3v) is 4.49. The molecule has 1 N–H and O–H groups in total. The number of hydrogen-bond acceptors (Lipinski definition) is 2. The summed E-state index contributed by atoms with van der Waals surface area (Å²) >= 11 is 0. The van der Waals surface area contributed by atoms with Crippen molar-refractivity contribution in [3.05, 3.63) is 29.8 Å². The average Bonchev–Trinajstić information content (AvgIpc) is 2.81. The van der Waals surface area contributed by atoms with Crippen molar-refractivity contribution >= 4 is 17.5 Å². The molecule has 1 aromatic rings. The summed E-state index contributed by atoms with van der Waals surface area (Å²) in [5.74, 6) is -0.845. The minimum Gasteiger partial charge on any atom is -0.331 e. The predicted octanol–water partition coefficient (Wildman–Crippen LogP) is 4.22. The van der Waals surface area contributed by atoms with Crippen LogP contribution in [0.15, 0.2) is 24.3 Å². The Hall–Kier alpha value is -2.05. The molecule has 1 saturated carbocycles. The van der Waals surface area contributed by atoms with Gasteiger partial charge in [0.25, 0.3) is 0 Å². The summed E-state index contributed by atoms with van der Waals surface area (Å²) in [6.45, 7) is 1.16. The SMILES string of the molecule is CC(=O)N(CC(=O)Nc1ccccc1C(F)(F)F)C1CCCCCC1. The highest BCUT2D eigenvalue weighted by Gasteiger charge is 2.34. The summed E-state index contributed by atoms with van der Waals surface area (Å²) in [6.07, 6.45) is 1.30. The van der Waals surface area contributed by atoms with Crippen LogP contribution in [0.2, 0.25) is 0 Å². The lowest BCUT2D eigenvalue weighted by atomic mass is 10.1. The molecule has 0 aliphatic heterocycles. The van der Waals surface area contributed by atoms with Gasteiger partial charge in [-0.1, -0.05) is 37.8 Å². The van der Waals surface area contributed by atoms with E-state index in [-0.39, 0.29) is 24.2 Å². The second kappa shape index (κ2) is 8.36. The van der Waals surface area contributed by atoms with Gasteiger partial charge in [0.1, 0.15) is 6.54 Å². The summed E-state index contributed by atoms with van der Waals surface area (Å²) in [5.41, 5.74) is -1.18. The molecule has 7 heteroatoms. The molecule has 0 aromatic heterocycles. The number of alkyl halides is 3. The first-order valence-electron chi connectivity index (χ1n) is 8.52. The van der Waals surface area contributed by atoms with E-state index in [0.29, 0.717) is 0 Å². The highest BCUT2D eigenvalue weighted by Crippen LogP contribution is 2.34. The van der Waals surface area contributed by atoms with E-state index in [1.807, 2.05) is 0 Å². The van der Waals surface area contributed by atoms with E-state index < -0.39 is 17.6 Å². The molecule has 0 bridgehead atoms. The number of nitrogens with zero attached hydrogens (tertiary/aromatic N) is 1. The summed E-state index contributed by atoms with van der Waals surface area (Å²) in [5, 5.41) is 2.30. The first-order chi connectivity index (χ1) is 11.8. The zero-order chi connectivity index (χ0) is 18.4. The molecule has 4 nitrogen and oxygen atoms in total. The van der Waals surface area contributed by atoms with Crippen LogP contribution in [-0.2, 0) is 15.8 Å². The maximum absolute atomic E-state index is 13.0. The van der Waals surface area contributed by atoms with Gasteiger partial charge < -0.3 is 10.2 Å². The van der Waals surface area contributed by atoms with Gasteiger partial charge in [-0.25, -0.2) is 0 Å². The number of halogens is 3. The van der Waals surface area contributed by atoms with Crippen molar-refractivity contribution in [2.24, 2.45) is 0 Å². The smallest absolute Gasteiger partial charge is 0.331 e. The third kappa shape index (κ3) is 5.47. The van der Waals surface area contributed by atoms with Crippen molar-refractivity contribution in [2.45, 2.75) is 57.7 Å².